The van der Waals surface area contributed by atoms with E-state index in [0.29, 0.717) is 22.6 Å². The largest absolute Gasteiger partial charge is 0.476 e. The summed E-state index contributed by atoms with van der Waals surface area (Å²) in [6.07, 6.45) is 4.21. The van der Waals surface area contributed by atoms with Gasteiger partial charge in [0.15, 0.2) is 5.82 Å². The molecule has 1 unspecified atom stereocenters. The highest BCUT2D eigenvalue weighted by atomic mass is 35.5. The van der Waals surface area contributed by atoms with Gasteiger partial charge in [-0.05, 0) is 37.8 Å². The topological polar surface area (TPSA) is 71.2 Å². The highest BCUT2D eigenvalue weighted by Gasteiger charge is 2.29. The van der Waals surface area contributed by atoms with Crippen molar-refractivity contribution in [2.45, 2.75) is 38.6 Å². The first kappa shape index (κ1) is 15.8. The number of aromatic nitrogens is 3. The van der Waals surface area contributed by atoms with Gasteiger partial charge < -0.3 is 10.0 Å². The van der Waals surface area contributed by atoms with Crippen LogP contribution in [-0.2, 0) is 0 Å². The summed E-state index contributed by atoms with van der Waals surface area (Å²) in [7, 11) is 0. The molecule has 2 aromatic rings. The number of carboxylic acids is 1. The molecule has 2 heterocycles. The van der Waals surface area contributed by atoms with Gasteiger partial charge in [0.25, 0.3) is 0 Å². The lowest BCUT2D eigenvalue weighted by Gasteiger charge is -2.35. The van der Waals surface area contributed by atoms with Crippen molar-refractivity contribution in [2.75, 3.05) is 11.4 Å². The maximum Gasteiger partial charge on any atom is 0.360 e. The zero-order valence-electron chi connectivity index (χ0n) is 12.9. The Morgan fingerprint density at radius 1 is 1.35 bits per heavy atom. The molecular formula is C16H19ClN4O2. The van der Waals surface area contributed by atoms with Gasteiger partial charge >= 0.3 is 5.97 Å². The first-order chi connectivity index (χ1) is 11.1. The van der Waals surface area contributed by atoms with E-state index in [9.17, 15) is 9.90 Å². The Labute approximate surface area is 139 Å². The average Bonchev–Trinajstić information content (AvgIpc) is 3.00. The molecule has 0 amide bonds. The molecule has 1 saturated heterocycles. The fourth-order valence-corrected chi connectivity index (χ4v) is 3.27. The second-order valence-electron chi connectivity index (χ2n) is 5.67. The smallest absolute Gasteiger partial charge is 0.360 e. The number of benzene rings is 1. The Morgan fingerprint density at radius 2 is 2.13 bits per heavy atom. The summed E-state index contributed by atoms with van der Waals surface area (Å²) in [6, 6.07) is 7.44. The van der Waals surface area contributed by atoms with Gasteiger partial charge in [0, 0.05) is 12.6 Å². The minimum Gasteiger partial charge on any atom is -0.476 e. The fourth-order valence-electron chi connectivity index (χ4n) is 3.06. The van der Waals surface area contributed by atoms with Crippen LogP contribution in [0.4, 0.5) is 5.82 Å². The predicted octanol–water partition coefficient (Wildman–Crippen LogP) is 3.39. The van der Waals surface area contributed by atoms with Crippen LogP contribution in [0.15, 0.2) is 24.3 Å². The van der Waals surface area contributed by atoms with E-state index < -0.39 is 5.97 Å². The number of para-hydroxylation sites is 1. The van der Waals surface area contributed by atoms with E-state index in [-0.39, 0.29) is 5.69 Å². The average molecular weight is 335 g/mol. The summed E-state index contributed by atoms with van der Waals surface area (Å²) < 4.78 is 0. The van der Waals surface area contributed by atoms with Gasteiger partial charge in [0.05, 0.1) is 5.02 Å². The van der Waals surface area contributed by atoms with E-state index >= 15 is 0 Å². The molecule has 122 valence electrons. The number of carboxylic acid groups (broad SMARTS) is 1. The summed E-state index contributed by atoms with van der Waals surface area (Å²) in [5.74, 6) is -0.636. The van der Waals surface area contributed by atoms with Crippen LogP contribution < -0.4 is 4.90 Å². The van der Waals surface area contributed by atoms with E-state index in [1.165, 1.54) is 4.80 Å². The number of halogens is 1. The summed E-state index contributed by atoms with van der Waals surface area (Å²) in [5, 5.41) is 18.6. The summed E-state index contributed by atoms with van der Waals surface area (Å²) in [5.41, 5.74) is 0.554. The Bertz CT molecular complexity index is 716. The quantitative estimate of drug-likeness (QED) is 0.928. The molecule has 7 heteroatoms. The van der Waals surface area contributed by atoms with Gasteiger partial charge in [-0.2, -0.15) is 0 Å². The number of hydrogen-bond donors (Lipinski definition) is 1. The van der Waals surface area contributed by atoms with Gasteiger partial charge in [0.1, 0.15) is 5.69 Å². The Balaban J connectivity index is 2.06. The number of nitrogens with zero attached hydrogens (tertiary/aromatic N) is 4. The van der Waals surface area contributed by atoms with Crippen molar-refractivity contribution in [3.8, 4) is 5.69 Å². The monoisotopic (exact) mass is 334 g/mol. The van der Waals surface area contributed by atoms with Crippen LogP contribution in [-0.4, -0.2) is 38.7 Å². The highest BCUT2D eigenvalue weighted by Crippen LogP contribution is 2.28. The summed E-state index contributed by atoms with van der Waals surface area (Å²) in [4.78, 5) is 15.0. The van der Waals surface area contributed by atoms with E-state index in [4.69, 9.17) is 11.6 Å². The van der Waals surface area contributed by atoms with E-state index in [2.05, 4.69) is 22.0 Å². The third kappa shape index (κ3) is 3.03. The van der Waals surface area contributed by atoms with Crippen LogP contribution in [0.25, 0.3) is 5.69 Å². The maximum atomic E-state index is 11.6. The molecule has 0 radical (unpaired) electrons. The zero-order valence-corrected chi connectivity index (χ0v) is 13.7. The minimum absolute atomic E-state index is 0.0229. The van der Waals surface area contributed by atoms with Crippen LogP contribution in [0.1, 0.15) is 43.1 Å². The van der Waals surface area contributed by atoms with Gasteiger partial charge in [-0.1, -0.05) is 30.7 Å². The molecular weight excluding hydrogens is 316 g/mol. The molecule has 0 spiro atoms. The molecule has 1 atom stereocenters. The van der Waals surface area contributed by atoms with Crippen LogP contribution >= 0.6 is 11.6 Å². The van der Waals surface area contributed by atoms with Gasteiger partial charge in [0.2, 0.25) is 5.69 Å². The first-order valence-corrected chi connectivity index (χ1v) is 8.21. The maximum absolute atomic E-state index is 11.6. The summed E-state index contributed by atoms with van der Waals surface area (Å²) in [6.45, 7) is 2.92. The molecule has 23 heavy (non-hydrogen) atoms. The van der Waals surface area contributed by atoms with Crippen LogP contribution in [0.3, 0.4) is 0 Å². The Morgan fingerprint density at radius 3 is 2.83 bits per heavy atom. The van der Waals surface area contributed by atoms with E-state index in [0.717, 1.165) is 32.2 Å². The predicted molar refractivity (Wildman–Crippen MR) is 88.6 cm³/mol. The molecule has 1 N–H and O–H groups in total. The molecule has 1 aromatic carbocycles. The molecule has 0 saturated carbocycles. The van der Waals surface area contributed by atoms with Crippen molar-refractivity contribution < 1.29 is 9.90 Å². The number of carbonyl (C=O) groups is 1. The molecule has 0 aliphatic carbocycles. The lowest BCUT2D eigenvalue weighted by molar-refractivity contribution is 0.0690. The van der Waals surface area contributed by atoms with E-state index in [1.54, 1.807) is 12.1 Å². The normalized spacial score (nSPS) is 18.2. The number of rotatable bonds is 4. The van der Waals surface area contributed by atoms with Crippen molar-refractivity contribution in [3.63, 3.8) is 0 Å². The molecule has 1 aromatic heterocycles. The highest BCUT2D eigenvalue weighted by molar-refractivity contribution is 6.32. The minimum atomic E-state index is -1.07. The Hall–Kier alpha value is -2.08. The summed E-state index contributed by atoms with van der Waals surface area (Å²) >= 11 is 6.18. The van der Waals surface area contributed by atoms with Crippen molar-refractivity contribution in [1.82, 2.24) is 15.0 Å². The number of piperidine rings is 1. The lowest BCUT2D eigenvalue weighted by atomic mass is 10.00. The van der Waals surface area contributed by atoms with Crippen molar-refractivity contribution in [2.24, 2.45) is 0 Å². The fraction of sp³-hybridized carbons (Fsp3) is 0.438. The van der Waals surface area contributed by atoms with Gasteiger partial charge in [-0.15, -0.1) is 15.0 Å². The molecule has 1 aliphatic heterocycles. The SMILES string of the molecule is CCC1CCCCN1c1nn(-c2ccccc2Cl)nc1C(=O)O. The molecule has 6 nitrogen and oxygen atoms in total. The van der Waals surface area contributed by atoms with Gasteiger partial charge in [-0.25, -0.2) is 4.79 Å². The third-order valence-electron chi connectivity index (χ3n) is 4.24. The van der Waals surface area contributed by atoms with Crippen molar-refractivity contribution in [1.29, 1.82) is 0 Å². The zero-order chi connectivity index (χ0) is 16.4. The second-order valence-corrected chi connectivity index (χ2v) is 6.08. The van der Waals surface area contributed by atoms with Crippen LogP contribution in [0, 0.1) is 0 Å². The van der Waals surface area contributed by atoms with Crippen molar-refractivity contribution >= 4 is 23.4 Å². The molecule has 0 bridgehead atoms. The number of anilines is 1. The molecule has 3 rings (SSSR count). The number of hydrogen-bond acceptors (Lipinski definition) is 4. The van der Waals surface area contributed by atoms with Gasteiger partial charge in [-0.3, -0.25) is 0 Å². The van der Waals surface area contributed by atoms with Crippen molar-refractivity contribution in [3.05, 3.63) is 35.0 Å². The standard InChI is InChI=1S/C16H19ClN4O2/c1-2-11-7-5-6-10-20(11)15-14(16(22)23)18-21(19-15)13-9-4-3-8-12(13)17/h3-4,8-9,11H,2,5-7,10H2,1H3,(H,22,23). The molecule has 1 fully saturated rings. The second kappa shape index (κ2) is 6.58. The van der Waals surface area contributed by atoms with Crippen LogP contribution in [0.2, 0.25) is 5.02 Å². The molecule has 1 aliphatic rings. The third-order valence-corrected chi connectivity index (χ3v) is 4.56. The van der Waals surface area contributed by atoms with Crippen LogP contribution in [0.5, 0.6) is 0 Å². The lowest BCUT2D eigenvalue weighted by Crippen LogP contribution is -2.40. The van der Waals surface area contributed by atoms with E-state index in [1.807, 2.05) is 12.1 Å². The Kier molecular flexibility index (Phi) is 4.52. The number of aromatic carboxylic acids is 1. The first-order valence-electron chi connectivity index (χ1n) is 7.84.